The number of hydrogen-bond acceptors (Lipinski definition) is 5. The number of ether oxygens (including phenoxy) is 1. The van der Waals surface area contributed by atoms with Crippen LogP contribution in [0.25, 0.3) is 11.3 Å². The van der Waals surface area contributed by atoms with Crippen LogP contribution in [-0.4, -0.2) is 22.7 Å². The Hall–Kier alpha value is -2.08. The van der Waals surface area contributed by atoms with E-state index in [-0.39, 0.29) is 10.8 Å². The predicted molar refractivity (Wildman–Crippen MR) is 84.2 cm³/mol. The maximum atomic E-state index is 11.4. The van der Waals surface area contributed by atoms with Crippen molar-refractivity contribution in [3.05, 3.63) is 28.1 Å². The van der Waals surface area contributed by atoms with E-state index in [9.17, 15) is 9.90 Å². The molecule has 0 spiro atoms. The third-order valence-corrected chi connectivity index (χ3v) is 4.26. The highest BCUT2D eigenvalue weighted by molar-refractivity contribution is 7.14. The Balaban J connectivity index is 2.50. The lowest BCUT2D eigenvalue weighted by Gasteiger charge is -2.08. The van der Waals surface area contributed by atoms with Crippen LogP contribution >= 0.6 is 11.3 Å². The minimum atomic E-state index is -0.971. The number of aromatic carboxylic acids is 1. The fourth-order valence-corrected chi connectivity index (χ4v) is 2.84. The molecular formula is C15H18N2O3S. The number of carboxylic acids is 1. The molecule has 0 aliphatic carbocycles. The molecule has 6 heteroatoms. The van der Waals surface area contributed by atoms with Gasteiger partial charge in [-0.2, -0.15) is 0 Å². The number of carboxylic acid groups (broad SMARTS) is 1. The first-order valence-electron chi connectivity index (χ1n) is 6.70. The van der Waals surface area contributed by atoms with Crippen LogP contribution in [0, 0.1) is 0 Å². The van der Waals surface area contributed by atoms with Gasteiger partial charge in [-0.25, -0.2) is 9.78 Å². The fraction of sp³-hybridized carbons (Fsp3) is 0.333. The van der Waals surface area contributed by atoms with Crippen molar-refractivity contribution in [3.8, 4) is 17.0 Å². The van der Waals surface area contributed by atoms with Crippen molar-refractivity contribution in [1.82, 2.24) is 4.98 Å². The first-order chi connectivity index (χ1) is 9.93. The molecule has 1 aromatic heterocycles. The molecule has 0 fully saturated rings. The summed E-state index contributed by atoms with van der Waals surface area (Å²) >= 11 is 1.21. The Morgan fingerprint density at radius 1 is 1.48 bits per heavy atom. The molecule has 1 heterocycles. The van der Waals surface area contributed by atoms with Gasteiger partial charge in [0.25, 0.3) is 0 Å². The van der Waals surface area contributed by atoms with Crippen molar-refractivity contribution in [2.75, 3.05) is 12.3 Å². The molecule has 112 valence electrons. The quantitative estimate of drug-likeness (QED) is 0.824. The standard InChI is InChI=1S/C15H18N2O3S/c1-4-20-11-6-5-9(7-10(11)16)12-13(15(18)19)21-14(17-12)8(2)3/h5-8H,4,16H2,1-3H3,(H,18,19). The van der Waals surface area contributed by atoms with Gasteiger partial charge in [0.15, 0.2) is 0 Å². The number of thiazole rings is 1. The lowest BCUT2D eigenvalue weighted by molar-refractivity contribution is 0.0702. The van der Waals surface area contributed by atoms with E-state index in [4.69, 9.17) is 10.5 Å². The van der Waals surface area contributed by atoms with E-state index in [1.165, 1.54) is 11.3 Å². The molecule has 0 amide bonds. The Bertz CT molecular complexity index is 665. The molecule has 0 bridgehead atoms. The zero-order valence-electron chi connectivity index (χ0n) is 12.2. The second-order valence-corrected chi connectivity index (χ2v) is 5.91. The molecule has 0 atom stereocenters. The highest BCUT2D eigenvalue weighted by Crippen LogP contribution is 2.34. The smallest absolute Gasteiger partial charge is 0.348 e. The molecule has 21 heavy (non-hydrogen) atoms. The molecule has 0 aliphatic heterocycles. The molecule has 5 nitrogen and oxygen atoms in total. The number of nitrogen functional groups attached to an aromatic ring is 1. The zero-order chi connectivity index (χ0) is 15.6. The highest BCUT2D eigenvalue weighted by atomic mass is 32.1. The Morgan fingerprint density at radius 2 is 2.19 bits per heavy atom. The van der Waals surface area contributed by atoms with Gasteiger partial charge in [-0.05, 0) is 25.1 Å². The third-order valence-electron chi connectivity index (χ3n) is 2.91. The Labute approximate surface area is 127 Å². The number of benzene rings is 1. The van der Waals surface area contributed by atoms with Crippen molar-refractivity contribution < 1.29 is 14.6 Å². The van der Waals surface area contributed by atoms with Crippen LogP contribution in [-0.2, 0) is 0 Å². The van der Waals surface area contributed by atoms with E-state index in [2.05, 4.69) is 4.98 Å². The van der Waals surface area contributed by atoms with Crippen LogP contribution in [0.3, 0.4) is 0 Å². The summed E-state index contributed by atoms with van der Waals surface area (Å²) in [6, 6.07) is 5.23. The minimum Gasteiger partial charge on any atom is -0.492 e. The van der Waals surface area contributed by atoms with Crippen molar-refractivity contribution in [3.63, 3.8) is 0 Å². The van der Waals surface area contributed by atoms with Gasteiger partial charge in [-0.3, -0.25) is 0 Å². The second kappa shape index (κ2) is 6.13. The Kier molecular flexibility index (Phi) is 4.47. The van der Waals surface area contributed by atoms with E-state index in [0.29, 0.717) is 29.3 Å². The largest absolute Gasteiger partial charge is 0.492 e. The lowest BCUT2D eigenvalue weighted by Crippen LogP contribution is -1.99. The molecule has 0 unspecified atom stereocenters. The molecule has 2 rings (SSSR count). The summed E-state index contributed by atoms with van der Waals surface area (Å²) in [5.41, 5.74) is 7.57. The zero-order valence-corrected chi connectivity index (χ0v) is 13.0. The van der Waals surface area contributed by atoms with Crippen molar-refractivity contribution >= 4 is 23.0 Å². The van der Waals surface area contributed by atoms with E-state index in [1.54, 1.807) is 18.2 Å². The van der Waals surface area contributed by atoms with Gasteiger partial charge in [0.2, 0.25) is 0 Å². The number of anilines is 1. The van der Waals surface area contributed by atoms with Gasteiger partial charge in [0.1, 0.15) is 10.6 Å². The topological polar surface area (TPSA) is 85.4 Å². The average molecular weight is 306 g/mol. The maximum Gasteiger partial charge on any atom is 0.348 e. The highest BCUT2D eigenvalue weighted by Gasteiger charge is 2.20. The van der Waals surface area contributed by atoms with Gasteiger partial charge in [0.05, 0.1) is 23.0 Å². The summed E-state index contributed by atoms with van der Waals surface area (Å²) in [6.07, 6.45) is 0. The molecule has 0 aliphatic rings. The van der Waals surface area contributed by atoms with E-state index < -0.39 is 5.97 Å². The number of hydrogen-bond donors (Lipinski definition) is 2. The normalized spacial score (nSPS) is 10.9. The monoisotopic (exact) mass is 306 g/mol. The molecule has 1 aromatic carbocycles. The molecule has 0 saturated carbocycles. The van der Waals surface area contributed by atoms with Gasteiger partial charge in [-0.15, -0.1) is 11.3 Å². The summed E-state index contributed by atoms with van der Waals surface area (Å²) in [5.74, 6) is -0.193. The summed E-state index contributed by atoms with van der Waals surface area (Å²) < 4.78 is 5.39. The number of carbonyl (C=O) groups is 1. The summed E-state index contributed by atoms with van der Waals surface area (Å²) in [7, 11) is 0. The van der Waals surface area contributed by atoms with Crippen LogP contribution in [0.1, 0.15) is 41.4 Å². The van der Waals surface area contributed by atoms with Crippen molar-refractivity contribution in [2.45, 2.75) is 26.7 Å². The van der Waals surface area contributed by atoms with Crippen LogP contribution in [0.2, 0.25) is 0 Å². The predicted octanol–water partition coefficient (Wildman–Crippen LogP) is 3.61. The number of rotatable bonds is 5. The fourth-order valence-electron chi connectivity index (χ4n) is 1.91. The Morgan fingerprint density at radius 3 is 2.71 bits per heavy atom. The van der Waals surface area contributed by atoms with Crippen molar-refractivity contribution in [2.24, 2.45) is 0 Å². The van der Waals surface area contributed by atoms with Crippen molar-refractivity contribution in [1.29, 1.82) is 0 Å². The summed E-state index contributed by atoms with van der Waals surface area (Å²) in [4.78, 5) is 16.1. The lowest BCUT2D eigenvalue weighted by atomic mass is 10.1. The molecular weight excluding hydrogens is 288 g/mol. The first-order valence-corrected chi connectivity index (χ1v) is 7.52. The van der Waals surface area contributed by atoms with Gasteiger partial charge in [-0.1, -0.05) is 13.8 Å². The number of aromatic nitrogens is 1. The van der Waals surface area contributed by atoms with Gasteiger partial charge >= 0.3 is 5.97 Å². The van der Waals surface area contributed by atoms with Gasteiger partial charge < -0.3 is 15.6 Å². The SMILES string of the molecule is CCOc1ccc(-c2nc(C(C)C)sc2C(=O)O)cc1N. The van der Waals surface area contributed by atoms with E-state index in [1.807, 2.05) is 20.8 Å². The third kappa shape index (κ3) is 3.16. The van der Waals surface area contributed by atoms with E-state index in [0.717, 1.165) is 5.01 Å². The molecule has 2 aromatic rings. The van der Waals surface area contributed by atoms with Gasteiger partial charge in [0, 0.05) is 11.5 Å². The summed E-state index contributed by atoms with van der Waals surface area (Å²) in [5, 5.41) is 10.1. The van der Waals surface area contributed by atoms with E-state index >= 15 is 0 Å². The average Bonchev–Trinajstić information content (AvgIpc) is 2.86. The van der Waals surface area contributed by atoms with Crippen LogP contribution in [0.5, 0.6) is 5.75 Å². The molecule has 3 N–H and O–H groups in total. The first kappa shape index (κ1) is 15.3. The van der Waals surface area contributed by atoms with Crippen LogP contribution in [0.15, 0.2) is 18.2 Å². The second-order valence-electron chi connectivity index (χ2n) is 4.88. The molecule has 0 radical (unpaired) electrons. The molecule has 0 saturated heterocycles. The van der Waals surface area contributed by atoms with Crippen LogP contribution in [0.4, 0.5) is 5.69 Å². The van der Waals surface area contributed by atoms with Crippen LogP contribution < -0.4 is 10.5 Å². The number of nitrogens with two attached hydrogens (primary N) is 1. The number of nitrogens with zero attached hydrogens (tertiary/aromatic N) is 1. The summed E-state index contributed by atoms with van der Waals surface area (Å²) in [6.45, 7) is 6.38. The minimum absolute atomic E-state index is 0.182. The maximum absolute atomic E-state index is 11.4.